The number of morpholine rings is 1. The summed E-state index contributed by atoms with van der Waals surface area (Å²) in [6.07, 6.45) is 3.45. The Hall–Kier alpha value is -2.45. The fraction of sp³-hybridized carbons (Fsp3) is 0.524. The molecule has 0 spiro atoms. The van der Waals surface area contributed by atoms with Gasteiger partial charge >= 0.3 is 0 Å². The summed E-state index contributed by atoms with van der Waals surface area (Å²) in [4.78, 5) is 24.3. The second kappa shape index (κ2) is 8.92. The number of hydrogen-bond acceptors (Lipinski definition) is 5. The molecular weight excluding hydrogens is 375 g/mol. The standard InChI is InChI=1S/C21H27FN4O3/c1-15-20(24-14-23-15)11-25-8-6-17(7-9-25)26-10-19(29-13-21(26)27)12-28-18-4-2-16(22)3-5-18/h2-5,14,17,19H,6-13H2,1H3,(H,23,24)/t19-/m1/s1. The quantitative estimate of drug-likeness (QED) is 0.802. The number of carbonyl (C=O) groups is 1. The minimum atomic E-state index is -0.295. The molecule has 0 radical (unpaired) electrons. The van der Waals surface area contributed by atoms with Gasteiger partial charge in [0, 0.05) is 31.4 Å². The van der Waals surface area contributed by atoms with Crippen LogP contribution in [0.5, 0.6) is 5.75 Å². The van der Waals surface area contributed by atoms with Gasteiger partial charge in [-0.05, 0) is 44.0 Å². The summed E-state index contributed by atoms with van der Waals surface area (Å²) >= 11 is 0. The Bertz CT molecular complexity index is 818. The maximum absolute atomic E-state index is 13.0. The number of nitrogens with zero attached hydrogens (tertiary/aromatic N) is 3. The monoisotopic (exact) mass is 402 g/mol. The average molecular weight is 402 g/mol. The van der Waals surface area contributed by atoms with E-state index in [2.05, 4.69) is 14.9 Å². The molecule has 1 amide bonds. The first-order valence-electron chi connectivity index (χ1n) is 10.1. The van der Waals surface area contributed by atoms with Crippen molar-refractivity contribution < 1.29 is 18.7 Å². The van der Waals surface area contributed by atoms with Crippen molar-refractivity contribution >= 4 is 5.91 Å². The molecule has 4 rings (SSSR count). The number of likely N-dealkylation sites (tertiary alicyclic amines) is 1. The largest absolute Gasteiger partial charge is 0.491 e. The van der Waals surface area contributed by atoms with Crippen molar-refractivity contribution in [1.82, 2.24) is 19.8 Å². The maximum Gasteiger partial charge on any atom is 0.248 e. The van der Waals surface area contributed by atoms with Crippen LogP contribution in [0, 0.1) is 12.7 Å². The van der Waals surface area contributed by atoms with Crippen LogP contribution in [-0.2, 0) is 16.1 Å². The zero-order valence-corrected chi connectivity index (χ0v) is 16.6. The molecule has 29 heavy (non-hydrogen) atoms. The molecule has 2 aliphatic heterocycles. The molecule has 2 fully saturated rings. The van der Waals surface area contributed by atoms with Crippen LogP contribution in [0.25, 0.3) is 0 Å². The van der Waals surface area contributed by atoms with Gasteiger partial charge in [-0.1, -0.05) is 0 Å². The molecule has 2 saturated heterocycles. The summed E-state index contributed by atoms with van der Waals surface area (Å²) in [6, 6.07) is 6.16. The molecule has 3 heterocycles. The Morgan fingerprint density at radius 1 is 1.28 bits per heavy atom. The van der Waals surface area contributed by atoms with E-state index >= 15 is 0 Å². The van der Waals surface area contributed by atoms with Crippen molar-refractivity contribution in [2.75, 3.05) is 32.8 Å². The van der Waals surface area contributed by atoms with Crippen molar-refractivity contribution in [3.8, 4) is 5.75 Å². The highest BCUT2D eigenvalue weighted by atomic mass is 19.1. The first-order valence-corrected chi connectivity index (χ1v) is 10.1. The van der Waals surface area contributed by atoms with Gasteiger partial charge in [-0.15, -0.1) is 0 Å². The van der Waals surface area contributed by atoms with E-state index in [-0.39, 0.29) is 30.5 Å². The first kappa shape index (κ1) is 19.8. The Morgan fingerprint density at radius 3 is 2.72 bits per heavy atom. The van der Waals surface area contributed by atoms with E-state index < -0.39 is 0 Å². The number of piperidine rings is 1. The number of imidazole rings is 1. The second-order valence-electron chi connectivity index (χ2n) is 7.73. The van der Waals surface area contributed by atoms with Gasteiger partial charge in [-0.3, -0.25) is 9.69 Å². The third-order valence-corrected chi connectivity index (χ3v) is 5.72. The highest BCUT2D eigenvalue weighted by Crippen LogP contribution is 2.22. The van der Waals surface area contributed by atoms with Crippen molar-refractivity contribution in [2.45, 2.75) is 38.5 Å². The van der Waals surface area contributed by atoms with E-state index in [9.17, 15) is 9.18 Å². The van der Waals surface area contributed by atoms with Gasteiger partial charge in [0.15, 0.2) is 0 Å². The molecule has 156 valence electrons. The number of ether oxygens (including phenoxy) is 2. The minimum absolute atomic E-state index is 0.0460. The van der Waals surface area contributed by atoms with Crippen molar-refractivity contribution in [3.63, 3.8) is 0 Å². The number of rotatable bonds is 6. The molecule has 0 aliphatic carbocycles. The van der Waals surface area contributed by atoms with E-state index in [0.717, 1.165) is 43.9 Å². The number of aromatic nitrogens is 2. The minimum Gasteiger partial charge on any atom is -0.491 e. The number of aromatic amines is 1. The van der Waals surface area contributed by atoms with Crippen molar-refractivity contribution in [1.29, 1.82) is 0 Å². The number of amides is 1. The molecule has 1 atom stereocenters. The molecule has 2 aliphatic rings. The normalized spacial score (nSPS) is 21.5. The summed E-state index contributed by atoms with van der Waals surface area (Å²) < 4.78 is 24.4. The van der Waals surface area contributed by atoms with Gasteiger partial charge in [0.1, 0.15) is 30.9 Å². The van der Waals surface area contributed by atoms with Gasteiger partial charge in [-0.25, -0.2) is 9.37 Å². The molecule has 8 heteroatoms. The first-order chi connectivity index (χ1) is 14.1. The SMILES string of the molecule is Cc1[nH]cnc1CN1CCC(N2C[C@H](COc3ccc(F)cc3)OCC2=O)CC1. The summed E-state index contributed by atoms with van der Waals surface area (Å²) in [7, 11) is 0. The number of benzene rings is 1. The molecule has 1 aromatic carbocycles. The average Bonchev–Trinajstić information content (AvgIpc) is 3.14. The van der Waals surface area contributed by atoms with E-state index in [4.69, 9.17) is 9.47 Å². The van der Waals surface area contributed by atoms with Crippen LogP contribution in [0.1, 0.15) is 24.2 Å². The van der Waals surface area contributed by atoms with E-state index in [1.807, 2.05) is 11.8 Å². The number of nitrogens with one attached hydrogen (secondary N) is 1. The smallest absolute Gasteiger partial charge is 0.248 e. The van der Waals surface area contributed by atoms with E-state index in [0.29, 0.717) is 18.9 Å². The zero-order valence-electron chi connectivity index (χ0n) is 16.6. The molecule has 2 aromatic rings. The summed E-state index contributed by atoms with van der Waals surface area (Å²) in [5, 5.41) is 0. The highest BCUT2D eigenvalue weighted by molar-refractivity contribution is 5.78. The Labute approximate surface area is 169 Å². The molecule has 0 saturated carbocycles. The molecule has 1 N–H and O–H groups in total. The predicted molar refractivity (Wildman–Crippen MR) is 105 cm³/mol. The van der Waals surface area contributed by atoms with Crippen LogP contribution in [0.15, 0.2) is 30.6 Å². The fourth-order valence-corrected chi connectivity index (χ4v) is 3.97. The molecule has 1 aromatic heterocycles. The topological polar surface area (TPSA) is 70.7 Å². The van der Waals surface area contributed by atoms with Crippen LogP contribution in [0.3, 0.4) is 0 Å². The molecule has 0 bridgehead atoms. The van der Waals surface area contributed by atoms with E-state index in [1.165, 1.54) is 12.1 Å². The third kappa shape index (κ3) is 4.94. The summed E-state index contributed by atoms with van der Waals surface area (Å²) in [5.41, 5.74) is 2.20. The van der Waals surface area contributed by atoms with Crippen LogP contribution >= 0.6 is 0 Å². The zero-order chi connectivity index (χ0) is 20.2. The van der Waals surface area contributed by atoms with Crippen LogP contribution in [0.2, 0.25) is 0 Å². The second-order valence-corrected chi connectivity index (χ2v) is 7.73. The van der Waals surface area contributed by atoms with Gasteiger partial charge in [0.2, 0.25) is 5.91 Å². The molecule has 7 nitrogen and oxygen atoms in total. The fourth-order valence-electron chi connectivity index (χ4n) is 3.97. The van der Waals surface area contributed by atoms with Crippen LogP contribution in [0.4, 0.5) is 4.39 Å². The maximum atomic E-state index is 13.0. The van der Waals surface area contributed by atoms with Gasteiger partial charge in [0.05, 0.1) is 18.6 Å². The van der Waals surface area contributed by atoms with Gasteiger partial charge < -0.3 is 19.4 Å². The van der Waals surface area contributed by atoms with Crippen LogP contribution in [-0.4, -0.2) is 70.7 Å². The Morgan fingerprint density at radius 2 is 2.03 bits per heavy atom. The summed E-state index contributed by atoms with van der Waals surface area (Å²) in [5.74, 6) is 0.349. The summed E-state index contributed by atoms with van der Waals surface area (Å²) in [6.45, 7) is 5.72. The Balaban J connectivity index is 1.27. The number of halogens is 1. The third-order valence-electron chi connectivity index (χ3n) is 5.72. The van der Waals surface area contributed by atoms with Crippen molar-refractivity contribution in [3.05, 3.63) is 47.8 Å². The lowest BCUT2D eigenvalue weighted by atomic mass is 10.0. The number of carbonyl (C=O) groups excluding carboxylic acids is 1. The lowest BCUT2D eigenvalue weighted by Crippen LogP contribution is -2.55. The number of hydrogen-bond donors (Lipinski definition) is 1. The Kier molecular flexibility index (Phi) is 6.10. The van der Waals surface area contributed by atoms with Crippen molar-refractivity contribution in [2.24, 2.45) is 0 Å². The predicted octanol–water partition coefficient (Wildman–Crippen LogP) is 2.13. The highest BCUT2D eigenvalue weighted by Gasteiger charge is 2.34. The molecular formula is C21H27FN4O3. The number of H-pyrrole nitrogens is 1. The lowest BCUT2D eigenvalue weighted by Gasteiger charge is -2.42. The van der Waals surface area contributed by atoms with E-state index in [1.54, 1.807) is 18.5 Å². The van der Waals surface area contributed by atoms with Gasteiger partial charge in [0.25, 0.3) is 0 Å². The van der Waals surface area contributed by atoms with Crippen LogP contribution < -0.4 is 4.74 Å². The number of aryl methyl sites for hydroxylation is 1. The molecule has 0 unspecified atom stereocenters. The lowest BCUT2D eigenvalue weighted by molar-refractivity contribution is -0.155. The van der Waals surface area contributed by atoms with Gasteiger partial charge in [-0.2, -0.15) is 0 Å².